The Morgan fingerprint density at radius 2 is 1.72 bits per heavy atom. The highest BCUT2D eigenvalue weighted by Crippen LogP contribution is 2.38. The fraction of sp³-hybridized carbons (Fsp3) is 0.125. The van der Waals surface area contributed by atoms with Crippen LogP contribution in [0.15, 0.2) is 41.5 Å². The Morgan fingerprint density at radius 1 is 1.00 bits per heavy atom. The second-order valence-corrected chi connectivity index (χ2v) is 5.13. The van der Waals surface area contributed by atoms with Crippen LogP contribution >= 0.6 is 0 Å². The first kappa shape index (κ1) is 16.9. The lowest BCUT2D eigenvalue weighted by Gasteiger charge is -2.17. The van der Waals surface area contributed by atoms with E-state index in [1.165, 1.54) is 6.07 Å². The van der Waals surface area contributed by atoms with Crippen molar-refractivity contribution >= 4 is 11.8 Å². The van der Waals surface area contributed by atoms with Gasteiger partial charge < -0.3 is 4.74 Å². The SMILES string of the molecule is O=C1NN=C(c2ccc(-c3ccc(F)c(F)c3)c(C(F)(F)F)c2)CO1. The summed E-state index contributed by atoms with van der Waals surface area (Å²) >= 11 is 0. The van der Waals surface area contributed by atoms with Crippen molar-refractivity contribution in [2.45, 2.75) is 6.18 Å². The number of carbonyl (C=O) groups excluding carboxylic acids is 1. The first-order valence-electron chi connectivity index (χ1n) is 6.92. The second kappa shape index (κ2) is 6.15. The molecule has 0 radical (unpaired) electrons. The summed E-state index contributed by atoms with van der Waals surface area (Å²) < 4.78 is 71.3. The van der Waals surface area contributed by atoms with Crippen molar-refractivity contribution in [3.05, 3.63) is 59.2 Å². The van der Waals surface area contributed by atoms with Gasteiger partial charge in [-0.15, -0.1) is 0 Å². The summed E-state index contributed by atoms with van der Waals surface area (Å²) in [7, 11) is 0. The van der Waals surface area contributed by atoms with Crippen molar-refractivity contribution in [2.24, 2.45) is 5.10 Å². The molecular formula is C16H9F5N2O2. The minimum absolute atomic E-state index is 0.0821. The summed E-state index contributed by atoms with van der Waals surface area (Å²) in [5, 5.41) is 3.65. The molecule has 1 amide bonds. The lowest BCUT2D eigenvalue weighted by Crippen LogP contribution is -2.30. The van der Waals surface area contributed by atoms with Crippen LogP contribution in [-0.2, 0) is 10.9 Å². The quantitative estimate of drug-likeness (QED) is 0.824. The van der Waals surface area contributed by atoms with Crippen molar-refractivity contribution in [2.75, 3.05) is 6.61 Å². The zero-order chi connectivity index (χ0) is 18.2. The van der Waals surface area contributed by atoms with Crippen LogP contribution in [0.25, 0.3) is 11.1 Å². The molecular weight excluding hydrogens is 347 g/mol. The van der Waals surface area contributed by atoms with Crippen molar-refractivity contribution in [1.29, 1.82) is 0 Å². The Kier molecular flexibility index (Phi) is 4.15. The van der Waals surface area contributed by atoms with E-state index in [0.717, 1.165) is 24.3 Å². The molecule has 0 saturated heterocycles. The molecule has 1 aliphatic rings. The lowest BCUT2D eigenvalue weighted by atomic mass is 9.95. The third-order valence-electron chi connectivity index (χ3n) is 3.51. The van der Waals surface area contributed by atoms with Crippen LogP contribution in [0.5, 0.6) is 0 Å². The highest BCUT2D eigenvalue weighted by molar-refractivity contribution is 6.04. The molecule has 1 heterocycles. The van der Waals surface area contributed by atoms with Crippen molar-refractivity contribution in [1.82, 2.24) is 5.43 Å². The van der Waals surface area contributed by atoms with Crippen molar-refractivity contribution < 1.29 is 31.5 Å². The van der Waals surface area contributed by atoms with Gasteiger partial charge in [-0.3, -0.25) is 0 Å². The smallest absolute Gasteiger partial charge is 0.428 e. The highest BCUT2D eigenvalue weighted by atomic mass is 19.4. The van der Waals surface area contributed by atoms with E-state index >= 15 is 0 Å². The number of nitrogens with one attached hydrogen (secondary N) is 1. The number of alkyl halides is 3. The third kappa shape index (κ3) is 3.44. The van der Waals surface area contributed by atoms with Crippen LogP contribution in [0, 0.1) is 11.6 Å². The van der Waals surface area contributed by atoms with Crippen molar-refractivity contribution in [3.63, 3.8) is 0 Å². The van der Waals surface area contributed by atoms with Gasteiger partial charge in [0.1, 0.15) is 12.3 Å². The highest BCUT2D eigenvalue weighted by Gasteiger charge is 2.34. The molecule has 0 unspecified atom stereocenters. The molecule has 2 aromatic rings. The average Bonchev–Trinajstić information content (AvgIpc) is 2.57. The monoisotopic (exact) mass is 356 g/mol. The minimum atomic E-state index is -4.74. The van der Waals surface area contributed by atoms with E-state index < -0.39 is 29.5 Å². The molecule has 0 fully saturated rings. The molecule has 0 spiro atoms. The zero-order valence-corrected chi connectivity index (χ0v) is 12.3. The molecule has 25 heavy (non-hydrogen) atoms. The van der Waals surface area contributed by atoms with E-state index in [1.54, 1.807) is 0 Å². The summed E-state index contributed by atoms with van der Waals surface area (Å²) in [4.78, 5) is 10.9. The van der Waals surface area contributed by atoms with Gasteiger partial charge in [0.2, 0.25) is 0 Å². The first-order chi connectivity index (χ1) is 11.8. The van der Waals surface area contributed by atoms with Gasteiger partial charge in [0.05, 0.1) is 5.56 Å². The molecule has 9 heteroatoms. The molecule has 0 saturated carbocycles. The number of amides is 1. The molecule has 130 valence electrons. The van der Waals surface area contributed by atoms with E-state index in [0.29, 0.717) is 6.07 Å². The molecule has 1 aliphatic heterocycles. The summed E-state index contributed by atoms with van der Waals surface area (Å²) in [6, 6.07) is 5.78. The Morgan fingerprint density at radius 3 is 2.32 bits per heavy atom. The van der Waals surface area contributed by atoms with Crippen LogP contribution < -0.4 is 5.43 Å². The van der Waals surface area contributed by atoms with Crippen molar-refractivity contribution in [3.8, 4) is 11.1 Å². The minimum Gasteiger partial charge on any atom is -0.442 e. The molecule has 2 aromatic carbocycles. The number of rotatable bonds is 2. The third-order valence-corrected chi connectivity index (χ3v) is 3.51. The van der Waals surface area contributed by atoms with E-state index in [4.69, 9.17) is 0 Å². The number of hydrazone groups is 1. The number of carbonyl (C=O) groups is 1. The van der Waals surface area contributed by atoms with Gasteiger partial charge in [0, 0.05) is 5.56 Å². The summed E-state index contributed by atoms with van der Waals surface area (Å²) in [6.45, 7) is -0.284. The second-order valence-electron chi connectivity index (χ2n) is 5.13. The predicted molar refractivity (Wildman–Crippen MR) is 77.8 cm³/mol. The summed E-state index contributed by atoms with van der Waals surface area (Å²) in [5.41, 5.74) is 0.712. The summed E-state index contributed by atoms with van der Waals surface area (Å²) in [6.07, 6.45) is -5.55. The molecule has 0 atom stereocenters. The van der Waals surface area contributed by atoms with Gasteiger partial charge in [0.25, 0.3) is 0 Å². The zero-order valence-electron chi connectivity index (χ0n) is 12.3. The number of hydrogen-bond acceptors (Lipinski definition) is 3. The van der Waals surface area contributed by atoms with Gasteiger partial charge in [0.15, 0.2) is 11.6 Å². The number of cyclic esters (lactones) is 1. The normalized spacial score (nSPS) is 14.6. The topological polar surface area (TPSA) is 50.7 Å². The number of ether oxygens (including phenoxy) is 1. The first-order valence-corrected chi connectivity index (χ1v) is 6.92. The Bertz CT molecular complexity index is 877. The maximum atomic E-state index is 13.4. The number of nitrogens with zero attached hydrogens (tertiary/aromatic N) is 1. The molecule has 3 rings (SSSR count). The summed E-state index contributed by atoms with van der Waals surface area (Å²) in [5.74, 6) is -2.40. The van der Waals surface area contributed by atoms with Crippen LogP contribution in [0.3, 0.4) is 0 Å². The Hall–Kier alpha value is -2.97. The van der Waals surface area contributed by atoms with Gasteiger partial charge in [-0.1, -0.05) is 18.2 Å². The van der Waals surface area contributed by atoms with E-state index in [2.05, 4.69) is 9.84 Å². The maximum absolute atomic E-state index is 13.4. The number of benzene rings is 2. The van der Waals surface area contributed by atoms with Gasteiger partial charge in [-0.25, -0.2) is 19.0 Å². The van der Waals surface area contributed by atoms with E-state index in [-0.39, 0.29) is 29.0 Å². The van der Waals surface area contributed by atoms with Gasteiger partial charge >= 0.3 is 12.3 Å². The van der Waals surface area contributed by atoms with Crippen LogP contribution in [-0.4, -0.2) is 18.4 Å². The average molecular weight is 356 g/mol. The Balaban J connectivity index is 2.10. The maximum Gasteiger partial charge on any atom is 0.428 e. The van der Waals surface area contributed by atoms with Crippen LogP contribution in [0.1, 0.15) is 11.1 Å². The standard InChI is InChI=1S/C16H9F5N2O2/c17-12-4-2-8(6-13(12)18)10-3-1-9(5-11(10)16(19,20)21)14-7-25-15(24)23-22-14/h1-6H,7H2,(H,23,24). The van der Waals surface area contributed by atoms with Crippen LogP contribution in [0.4, 0.5) is 26.7 Å². The Labute approximate surface area is 137 Å². The lowest BCUT2D eigenvalue weighted by molar-refractivity contribution is -0.137. The van der Waals surface area contributed by atoms with Gasteiger partial charge in [-0.2, -0.15) is 18.3 Å². The number of hydrogen-bond donors (Lipinski definition) is 1. The molecule has 0 bridgehead atoms. The fourth-order valence-corrected chi connectivity index (χ4v) is 2.33. The molecule has 0 aliphatic carbocycles. The molecule has 0 aromatic heterocycles. The van der Waals surface area contributed by atoms with E-state index in [9.17, 15) is 26.7 Å². The largest absolute Gasteiger partial charge is 0.442 e. The van der Waals surface area contributed by atoms with Gasteiger partial charge in [-0.05, 0) is 29.3 Å². The molecule has 4 nitrogen and oxygen atoms in total. The fourth-order valence-electron chi connectivity index (χ4n) is 2.33. The molecule has 1 N–H and O–H groups in total. The predicted octanol–water partition coefficient (Wildman–Crippen LogP) is 4.09. The van der Waals surface area contributed by atoms with E-state index in [1.807, 2.05) is 5.43 Å². The van der Waals surface area contributed by atoms with Crippen LogP contribution in [0.2, 0.25) is 0 Å². The number of halogens is 5.